The number of hydrogen-bond donors (Lipinski definition) is 1. The molecule has 1 atom stereocenters. The summed E-state index contributed by atoms with van der Waals surface area (Å²) in [6.45, 7) is 5.22. The van der Waals surface area contributed by atoms with E-state index in [2.05, 4.69) is 29.7 Å². The molecule has 0 saturated carbocycles. The molecular formula is C29H35FN2O4. The molecule has 4 rings (SSSR count). The summed E-state index contributed by atoms with van der Waals surface area (Å²) in [5, 5.41) is 0. The number of halogens is 1. The smallest absolute Gasteiger partial charge is 0.204 e. The molecule has 1 heterocycles. The van der Waals surface area contributed by atoms with E-state index in [1.165, 1.54) is 36.1 Å². The molecule has 0 aromatic heterocycles. The summed E-state index contributed by atoms with van der Waals surface area (Å²) in [4.78, 5) is 20.9. The number of primary amides is 1. The molecule has 1 saturated heterocycles. The number of nitrogens with two attached hydrogens (primary N) is 1. The molecule has 0 radical (unpaired) electrons. The fraction of sp³-hybridized carbons (Fsp3) is 0.310. The highest BCUT2D eigenvalue weighted by molar-refractivity contribution is 5.52. The minimum atomic E-state index is -0.270. The first-order valence-corrected chi connectivity index (χ1v) is 12.0. The van der Waals surface area contributed by atoms with Crippen LogP contribution in [-0.2, 0) is 27.4 Å². The van der Waals surface area contributed by atoms with Crippen LogP contribution in [0.1, 0.15) is 30.9 Å². The van der Waals surface area contributed by atoms with Crippen LogP contribution in [0.3, 0.4) is 0 Å². The lowest BCUT2D eigenvalue weighted by atomic mass is 10.1. The minimum absolute atomic E-state index is 0.250. The van der Waals surface area contributed by atoms with Crippen LogP contribution in [0.25, 0.3) is 0 Å². The average molecular weight is 495 g/mol. The van der Waals surface area contributed by atoms with Crippen LogP contribution >= 0.6 is 0 Å². The van der Waals surface area contributed by atoms with Gasteiger partial charge in [-0.15, -0.1) is 0 Å². The maximum absolute atomic E-state index is 12.9. The van der Waals surface area contributed by atoms with Gasteiger partial charge in [-0.05, 0) is 80.3 Å². The number of amides is 1. The van der Waals surface area contributed by atoms with E-state index in [0.717, 1.165) is 25.0 Å². The van der Waals surface area contributed by atoms with E-state index in [0.29, 0.717) is 31.5 Å². The van der Waals surface area contributed by atoms with Crippen LogP contribution in [0, 0.1) is 5.82 Å². The second-order valence-electron chi connectivity index (χ2n) is 8.28. The Balaban J connectivity index is 0.000000316. The molecule has 0 spiro atoms. The van der Waals surface area contributed by atoms with E-state index in [9.17, 15) is 9.18 Å². The molecule has 1 aliphatic heterocycles. The third kappa shape index (κ3) is 11.3. The van der Waals surface area contributed by atoms with Crippen molar-refractivity contribution in [3.63, 3.8) is 0 Å². The van der Waals surface area contributed by atoms with Crippen molar-refractivity contribution in [2.24, 2.45) is 5.73 Å². The predicted molar refractivity (Wildman–Crippen MR) is 139 cm³/mol. The third-order valence-electron chi connectivity index (χ3n) is 5.62. The molecule has 7 heteroatoms. The van der Waals surface area contributed by atoms with Crippen molar-refractivity contribution in [2.45, 2.75) is 38.8 Å². The molecule has 2 N–H and O–H groups in total. The van der Waals surface area contributed by atoms with Crippen LogP contribution in [0.2, 0.25) is 0 Å². The highest BCUT2D eigenvalue weighted by Gasteiger charge is 2.18. The standard InChI is InChI=1S/C21H19FO2.C7H13NO.CH3NO/c22-19-8-12-21(13-9-19)24-20-10-6-17(7-11-20)14-15-23-16-18-4-2-1-3-5-18;1-7-3-2-4-8(7)5-6-9;2-1-3/h1-13H,14-16H2;6-7H,2-5H2,1H3;1H,(H2,2,3). The zero-order valence-electron chi connectivity index (χ0n) is 20.7. The lowest BCUT2D eigenvalue weighted by Crippen LogP contribution is -2.28. The van der Waals surface area contributed by atoms with Gasteiger partial charge in [0, 0.05) is 6.04 Å². The largest absolute Gasteiger partial charge is 0.457 e. The molecule has 0 bridgehead atoms. The van der Waals surface area contributed by atoms with Crippen LogP contribution < -0.4 is 10.5 Å². The van der Waals surface area contributed by atoms with Crippen molar-refractivity contribution in [3.8, 4) is 11.5 Å². The molecule has 36 heavy (non-hydrogen) atoms. The van der Waals surface area contributed by atoms with E-state index in [1.807, 2.05) is 42.5 Å². The normalized spacial score (nSPS) is 14.6. The fourth-order valence-electron chi connectivity index (χ4n) is 3.68. The van der Waals surface area contributed by atoms with Gasteiger partial charge < -0.3 is 20.0 Å². The summed E-state index contributed by atoms with van der Waals surface area (Å²) < 4.78 is 24.2. The highest BCUT2D eigenvalue weighted by Crippen LogP contribution is 2.22. The molecule has 1 amide bonds. The number of likely N-dealkylation sites (tertiary alicyclic amines) is 1. The summed E-state index contributed by atoms with van der Waals surface area (Å²) in [6, 6.07) is 24.6. The van der Waals surface area contributed by atoms with E-state index < -0.39 is 0 Å². The van der Waals surface area contributed by atoms with Crippen molar-refractivity contribution in [1.82, 2.24) is 4.90 Å². The number of ether oxygens (including phenoxy) is 2. The Kier molecular flexibility index (Phi) is 13.5. The van der Waals surface area contributed by atoms with Gasteiger partial charge in [0.05, 0.1) is 19.8 Å². The summed E-state index contributed by atoms with van der Waals surface area (Å²) >= 11 is 0. The summed E-state index contributed by atoms with van der Waals surface area (Å²) in [5.74, 6) is 1.08. The first-order valence-electron chi connectivity index (χ1n) is 12.0. The quantitative estimate of drug-likeness (QED) is 0.329. The van der Waals surface area contributed by atoms with Gasteiger partial charge in [0.1, 0.15) is 23.6 Å². The monoisotopic (exact) mass is 494 g/mol. The molecule has 6 nitrogen and oxygen atoms in total. The van der Waals surface area contributed by atoms with Gasteiger partial charge in [-0.2, -0.15) is 0 Å². The highest BCUT2D eigenvalue weighted by atomic mass is 19.1. The molecule has 0 aliphatic carbocycles. The molecule has 1 aliphatic rings. The first-order chi connectivity index (χ1) is 17.5. The number of benzene rings is 3. The summed E-state index contributed by atoms with van der Waals surface area (Å²) in [5.41, 5.74) is 6.54. The summed E-state index contributed by atoms with van der Waals surface area (Å²) in [6.07, 6.45) is 4.61. The lowest BCUT2D eigenvalue weighted by Gasteiger charge is -2.16. The first kappa shape index (κ1) is 28.7. The zero-order chi connectivity index (χ0) is 26.0. The minimum Gasteiger partial charge on any atom is -0.457 e. The van der Waals surface area contributed by atoms with Crippen LogP contribution in [0.4, 0.5) is 4.39 Å². The van der Waals surface area contributed by atoms with E-state index in [1.54, 1.807) is 12.1 Å². The Bertz CT molecular complexity index is 998. The van der Waals surface area contributed by atoms with Gasteiger partial charge in [0.15, 0.2) is 0 Å². The van der Waals surface area contributed by atoms with Gasteiger partial charge >= 0.3 is 0 Å². The number of nitrogens with zero attached hydrogens (tertiary/aromatic N) is 1. The zero-order valence-corrected chi connectivity index (χ0v) is 20.7. The Morgan fingerprint density at radius 1 is 0.944 bits per heavy atom. The van der Waals surface area contributed by atoms with Crippen molar-refractivity contribution < 1.29 is 23.5 Å². The van der Waals surface area contributed by atoms with Crippen molar-refractivity contribution in [2.75, 3.05) is 19.7 Å². The molecule has 3 aromatic carbocycles. The Labute approximate surface area is 212 Å². The number of carbonyl (C=O) groups excluding carboxylic acids is 2. The van der Waals surface area contributed by atoms with E-state index in [4.69, 9.17) is 14.3 Å². The lowest BCUT2D eigenvalue weighted by molar-refractivity contribution is -0.109. The second kappa shape index (κ2) is 17.0. The van der Waals surface area contributed by atoms with Crippen molar-refractivity contribution in [1.29, 1.82) is 0 Å². The number of carbonyl (C=O) groups is 2. The number of hydrogen-bond acceptors (Lipinski definition) is 5. The maximum Gasteiger partial charge on any atom is 0.204 e. The van der Waals surface area contributed by atoms with E-state index >= 15 is 0 Å². The van der Waals surface area contributed by atoms with Crippen molar-refractivity contribution in [3.05, 3.63) is 95.8 Å². The Morgan fingerprint density at radius 3 is 2.11 bits per heavy atom. The van der Waals surface area contributed by atoms with Gasteiger partial charge in [0.2, 0.25) is 6.41 Å². The number of rotatable bonds is 9. The Morgan fingerprint density at radius 2 is 1.56 bits per heavy atom. The van der Waals surface area contributed by atoms with Crippen LogP contribution in [0.15, 0.2) is 78.9 Å². The second-order valence-corrected chi connectivity index (χ2v) is 8.28. The van der Waals surface area contributed by atoms with Crippen LogP contribution in [0.5, 0.6) is 11.5 Å². The molecule has 192 valence electrons. The third-order valence-corrected chi connectivity index (χ3v) is 5.62. The average Bonchev–Trinajstić information content (AvgIpc) is 3.30. The van der Waals surface area contributed by atoms with Gasteiger partial charge in [0.25, 0.3) is 0 Å². The van der Waals surface area contributed by atoms with Crippen molar-refractivity contribution >= 4 is 12.7 Å². The maximum atomic E-state index is 12.9. The van der Waals surface area contributed by atoms with Gasteiger partial charge in [-0.1, -0.05) is 42.5 Å². The van der Waals surface area contributed by atoms with Gasteiger partial charge in [-0.3, -0.25) is 9.69 Å². The Hall–Kier alpha value is -3.55. The topological polar surface area (TPSA) is 81.9 Å². The molecule has 3 aromatic rings. The predicted octanol–water partition coefficient (Wildman–Crippen LogP) is 5.15. The SMILES string of the molecule is CC1CCCN1CC=O.Fc1ccc(Oc2ccc(CCOCc3ccccc3)cc2)cc1.NC=O. The fourth-order valence-corrected chi connectivity index (χ4v) is 3.68. The van der Waals surface area contributed by atoms with Gasteiger partial charge in [-0.25, -0.2) is 4.39 Å². The van der Waals surface area contributed by atoms with Crippen LogP contribution in [-0.4, -0.2) is 43.3 Å². The van der Waals surface area contributed by atoms with E-state index in [-0.39, 0.29) is 12.2 Å². The summed E-state index contributed by atoms with van der Waals surface area (Å²) in [7, 11) is 0. The molecule has 1 unspecified atom stereocenters. The molecule has 1 fully saturated rings. The number of aldehydes is 1. The molecular weight excluding hydrogens is 459 g/mol.